The zero-order valence-electron chi connectivity index (χ0n) is 17.2. The van der Waals surface area contributed by atoms with Crippen molar-refractivity contribution in [3.63, 3.8) is 0 Å². The number of hydrogen-bond acceptors (Lipinski definition) is 4. The van der Waals surface area contributed by atoms with Gasteiger partial charge in [0.15, 0.2) is 0 Å². The number of amides is 1. The highest BCUT2D eigenvalue weighted by molar-refractivity contribution is 7.92. The summed E-state index contributed by atoms with van der Waals surface area (Å²) in [6, 6.07) is 18.5. The number of hydrogen-bond donors (Lipinski definition) is 2. The average molecular weight is 459 g/mol. The molecule has 0 unspecified atom stereocenters. The number of anilines is 1. The molecule has 3 aromatic carbocycles. The van der Waals surface area contributed by atoms with Crippen LogP contribution >= 0.6 is 11.6 Å². The fraction of sp³-hybridized carbons (Fsp3) is 0.174. The Kier molecular flexibility index (Phi) is 7.20. The molecular weight excluding hydrogens is 436 g/mol. The van der Waals surface area contributed by atoms with E-state index in [4.69, 9.17) is 16.3 Å². The highest BCUT2D eigenvalue weighted by atomic mass is 35.5. The molecule has 8 heteroatoms. The molecule has 2 N–H and O–H groups in total. The van der Waals surface area contributed by atoms with Crippen molar-refractivity contribution in [2.75, 3.05) is 17.9 Å². The van der Waals surface area contributed by atoms with E-state index in [-0.39, 0.29) is 21.5 Å². The molecule has 1 amide bonds. The van der Waals surface area contributed by atoms with Gasteiger partial charge in [0.1, 0.15) is 12.4 Å². The SMILES string of the molecule is Cc1ccc(S(=O)(=O)Nc2ccc(C(=O)NCCOc3cccc(C)c3)cc2Cl)cc1. The summed E-state index contributed by atoms with van der Waals surface area (Å²) in [6.45, 7) is 4.48. The number of sulfonamides is 1. The molecule has 0 saturated carbocycles. The van der Waals surface area contributed by atoms with Gasteiger partial charge < -0.3 is 10.1 Å². The largest absolute Gasteiger partial charge is 0.492 e. The number of carbonyl (C=O) groups excluding carboxylic acids is 1. The minimum Gasteiger partial charge on any atom is -0.492 e. The fourth-order valence-corrected chi connectivity index (χ4v) is 4.16. The van der Waals surface area contributed by atoms with E-state index in [1.165, 1.54) is 30.3 Å². The van der Waals surface area contributed by atoms with Gasteiger partial charge >= 0.3 is 0 Å². The van der Waals surface area contributed by atoms with Gasteiger partial charge in [-0.05, 0) is 61.9 Å². The maximum absolute atomic E-state index is 12.5. The lowest BCUT2D eigenvalue weighted by atomic mass is 10.2. The molecule has 0 aliphatic heterocycles. The van der Waals surface area contributed by atoms with Gasteiger partial charge in [0, 0.05) is 5.56 Å². The Labute approximate surface area is 187 Å². The van der Waals surface area contributed by atoms with E-state index < -0.39 is 10.0 Å². The number of aryl methyl sites for hydroxylation is 2. The molecule has 0 saturated heterocycles. The molecule has 0 spiro atoms. The number of nitrogens with one attached hydrogen (secondary N) is 2. The highest BCUT2D eigenvalue weighted by Crippen LogP contribution is 2.26. The minimum atomic E-state index is -3.78. The first kappa shape index (κ1) is 22.7. The molecular formula is C23H23ClN2O4S. The lowest BCUT2D eigenvalue weighted by Gasteiger charge is -2.12. The molecule has 31 heavy (non-hydrogen) atoms. The second-order valence-corrected chi connectivity index (χ2v) is 9.12. The standard InChI is InChI=1S/C23H23ClN2O4S/c1-16-6-9-20(10-7-16)31(28,29)26-22-11-8-18(15-21(22)24)23(27)25-12-13-30-19-5-3-4-17(2)14-19/h3-11,14-15,26H,12-13H2,1-2H3,(H,25,27). The van der Waals surface area contributed by atoms with Crippen LogP contribution in [0.2, 0.25) is 5.02 Å². The van der Waals surface area contributed by atoms with Crippen LogP contribution in [0.5, 0.6) is 5.75 Å². The van der Waals surface area contributed by atoms with Crippen molar-refractivity contribution >= 4 is 33.2 Å². The topological polar surface area (TPSA) is 84.5 Å². The monoisotopic (exact) mass is 458 g/mol. The normalized spacial score (nSPS) is 11.1. The molecule has 0 aromatic heterocycles. The summed E-state index contributed by atoms with van der Waals surface area (Å²) in [7, 11) is -3.78. The quantitative estimate of drug-likeness (QED) is 0.484. The number of ether oxygens (including phenoxy) is 1. The summed E-state index contributed by atoms with van der Waals surface area (Å²) >= 11 is 6.22. The first-order valence-corrected chi connectivity index (χ1v) is 11.5. The van der Waals surface area contributed by atoms with Gasteiger partial charge in [-0.25, -0.2) is 8.42 Å². The third-order valence-electron chi connectivity index (χ3n) is 4.45. The molecule has 0 aliphatic rings. The summed E-state index contributed by atoms with van der Waals surface area (Å²) in [5.74, 6) is 0.408. The molecule has 162 valence electrons. The van der Waals surface area contributed by atoms with Crippen molar-refractivity contribution < 1.29 is 17.9 Å². The summed E-state index contributed by atoms with van der Waals surface area (Å²) < 4.78 is 33.1. The van der Waals surface area contributed by atoms with Gasteiger partial charge in [0.05, 0.1) is 22.2 Å². The maximum atomic E-state index is 12.5. The van der Waals surface area contributed by atoms with Crippen LogP contribution in [-0.4, -0.2) is 27.5 Å². The van der Waals surface area contributed by atoms with Gasteiger partial charge in [-0.2, -0.15) is 0 Å². The zero-order valence-corrected chi connectivity index (χ0v) is 18.8. The van der Waals surface area contributed by atoms with E-state index in [2.05, 4.69) is 10.0 Å². The molecule has 0 aliphatic carbocycles. The Hall–Kier alpha value is -3.03. The first-order chi connectivity index (χ1) is 14.7. The summed E-state index contributed by atoms with van der Waals surface area (Å²) in [6.07, 6.45) is 0. The molecule has 6 nitrogen and oxygen atoms in total. The number of halogens is 1. The Balaban J connectivity index is 1.58. The molecule has 0 bridgehead atoms. The van der Waals surface area contributed by atoms with Crippen molar-refractivity contribution in [3.05, 3.63) is 88.4 Å². The molecule has 0 fully saturated rings. The Morgan fingerprint density at radius 2 is 1.71 bits per heavy atom. The Morgan fingerprint density at radius 3 is 2.39 bits per heavy atom. The number of carbonyl (C=O) groups is 1. The molecule has 0 atom stereocenters. The van der Waals surface area contributed by atoms with Crippen LogP contribution in [0.15, 0.2) is 71.6 Å². The van der Waals surface area contributed by atoms with Crippen molar-refractivity contribution in [1.29, 1.82) is 0 Å². The molecule has 0 radical (unpaired) electrons. The number of rotatable bonds is 8. The predicted octanol–water partition coefficient (Wildman–Crippen LogP) is 4.57. The van der Waals surface area contributed by atoms with Gasteiger partial charge in [0.25, 0.3) is 15.9 Å². The minimum absolute atomic E-state index is 0.124. The lowest BCUT2D eigenvalue weighted by molar-refractivity contribution is 0.0947. The van der Waals surface area contributed by atoms with E-state index in [1.54, 1.807) is 12.1 Å². The van der Waals surface area contributed by atoms with Crippen LogP contribution in [0.3, 0.4) is 0 Å². The van der Waals surface area contributed by atoms with Crippen LogP contribution in [-0.2, 0) is 10.0 Å². The predicted molar refractivity (Wildman–Crippen MR) is 122 cm³/mol. The van der Waals surface area contributed by atoms with Crippen molar-refractivity contribution in [1.82, 2.24) is 5.32 Å². The average Bonchev–Trinajstić information content (AvgIpc) is 2.73. The summed E-state index contributed by atoms with van der Waals surface area (Å²) in [5.41, 5.74) is 2.56. The van der Waals surface area contributed by atoms with E-state index in [1.807, 2.05) is 38.1 Å². The Bertz CT molecular complexity index is 1180. The van der Waals surface area contributed by atoms with E-state index >= 15 is 0 Å². The Morgan fingerprint density at radius 1 is 0.968 bits per heavy atom. The lowest BCUT2D eigenvalue weighted by Crippen LogP contribution is -2.28. The van der Waals surface area contributed by atoms with E-state index in [9.17, 15) is 13.2 Å². The van der Waals surface area contributed by atoms with Gasteiger partial charge in [-0.1, -0.05) is 41.4 Å². The number of benzene rings is 3. The van der Waals surface area contributed by atoms with Gasteiger partial charge in [-0.3, -0.25) is 9.52 Å². The van der Waals surface area contributed by atoms with Crippen LogP contribution in [0.25, 0.3) is 0 Å². The summed E-state index contributed by atoms with van der Waals surface area (Å²) in [5, 5.41) is 2.87. The third kappa shape index (κ3) is 6.23. The fourth-order valence-electron chi connectivity index (χ4n) is 2.80. The molecule has 3 rings (SSSR count). The molecule has 0 heterocycles. The maximum Gasteiger partial charge on any atom is 0.261 e. The van der Waals surface area contributed by atoms with Gasteiger partial charge in [0.2, 0.25) is 0 Å². The second-order valence-electron chi connectivity index (χ2n) is 7.03. The van der Waals surface area contributed by atoms with Crippen molar-refractivity contribution in [3.8, 4) is 5.75 Å². The zero-order chi connectivity index (χ0) is 22.4. The van der Waals surface area contributed by atoms with Gasteiger partial charge in [-0.15, -0.1) is 0 Å². The van der Waals surface area contributed by atoms with Crippen LogP contribution < -0.4 is 14.8 Å². The van der Waals surface area contributed by atoms with Crippen molar-refractivity contribution in [2.45, 2.75) is 18.7 Å². The van der Waals surface area contributed by atoms with Crippen LogP contribution in [0.1, 0.15) is 21.5 Å². The first-order valence-electron chi connectivity index (χ1n) is 9.61. The third-order valence-corrected chi connectivity index (χ3v) is 6.15. The van der Waals surface area contributed by atoms with Crippen molar-refractivity contribution in [2.24, 2.45) is 0 Å². The molecule has 3 aromatic rings. The highest BCUT2D eigenvalue weighted by Gasteiger charge is 2.16. The van der Waals surface area contributed by atoms with E-state index in [0.717, 1.165) is 16.9 Å². The summed E-state index contributed by atoms with van der Waals surface area (Å²) in [4.78, 5) is 12.5. The van der Waals surface area contributed by atoms with E-state index in [0.29, 0.717) is 18.7 Å². The smallest absolute Gasteiger partial charge is 0.261 e. The second kappa shape index (κ2) is 9.85. The van der Waals surface area contributed by atoms with Crippen LogP contribution in [0, 0.1) is 13.8 Å². The van der Waals surface area contributed by atoms with Crippen LogP contribution in [0.4, 0.5) is 5.69 Å².